The standard InChI is InChI=1S/C14H16N/c1-11-8-9-15(3)14(10-11)13-7-5-4-6-12(13)2/h4-10H,1-3H3/q+1/i9D. The molecule has 0 atom stereocenters. The topological polar surface area (TPSA) is 3.88 Å². The number of aryl methyl sites for hydroxylation is 2. The largest absolute Gasteiger partial charge is 0.212 e. The van der Waals surface area contributed by atoms with Gasteiger partial charge in [0.25, 0.3) is 0 Å². The van der Waals surface area contributed by atoms with E-state index < -0.39 is 0 Å². The van der Waals surface area contributed by atoms with Crippen LogP contribution in [0.3, 0.4) is 0 Å². The van der Waals surface area contributed by atoms with Crippen molar-refractivity contribution in [3.05, 3.63) is 53.7 Å². The molecule has 0 saturated carbocycles. The van der Waals surface area contributed by atoms with Gasteiger partial charge in [0.15, 0.2) is 6.17 Å². The van der Waals surface area contributed by atoms with Crippen molar-refractivity contribution in [2.75, 3.05) is 0 Å². The molecule has 0 aliphatic heterocycles. The fourth-order valence-corrected chi connectivity index (χ4v) is 1.74. The Hall–Kier alpha value is -1.63. The first-order valence-electron chi connectivity index (χ1n) is 5.63. The van der Waals surface area contributed by atoms with Gasteiger partial charge < -0.3 is 0 Å². The lowest BCUT2D eigenvalue weighted by atomic mass is 10.0. The summed E-state index contributed by atoms with van der Waals surface area (Å²) in [5.74, 6) is 0. The monoisotopic (exact) mass is 199 g/mol. The molecule has 1 heteroatoms. The van der Waals surface area contributed by atoms with Crippen LogP contribution in [0.5, 0.6) is 0 Å². The van der Waals surface area contributed by atoms with E-state index in [2.05, 4.69) is 25.1 Å². The van der Waals surface area contributed by atoms with Crippen LogP contribution < -0.4 is 4.57 Å². The Bertz CT molecular complexity index is 532. The molecule has 2 rings (SSSR count). The van der Waals surface area contributed by atoms with Crippen molar-refractivity contribution in [1.82, 2.24) is 0 Å². The van der Waals surface area contributed by atoms with E-state index in [1.165, 1.54) is 11.1 Å². The molecule has 0 aliphatic carbocycles. The second-order valence-electron chi connectivity index (χ2n) is 3.92. The molecule has 0 fully saturated rings. The first kappa shape index (κ1) is 8.66. The van der Waals surface area contributed by atoms with Crippen molar-refractivity contribution in [2.24, 2.45) is 7.05 Å². The first-order valence-corrected chi connectivity index (χ1v) is 5.13. The molecule has 1 aromatic heterocycles. The smallest absolute Gasteiger partial charge is 0.201 e. The summed E-state index contributed by atoms with van der Waals surface area (Å²) in [6.45, 7) is 4.13. The average molecular weight is 199 g/mol. The van der Waals surface area contributed by atoms with Crippen molar-refractivity contribution in [3.63, 3.8) is 0 Å². The summed E-state index contributed by atoms with van der Waals surface area (Å²) in [6, 6.07) is 12.3. The Labute approximate surface area is 92.4 Å². The summed E-state index contributed by atoms with van der Waals surface area (Å²) in [6.07, 6.45) is 0.540. The quantitative estimate of drug-likeness (QED) is 0.622. The number of benzene rings is 1. The third-order valence-corrected chi connectivity index (χ3v) is 2.63. The Balaban J connectivity index is 2.69. The summed E-state index contributed by atoms with van der Waals surface area (Å²) in [5, 5.41) is 0. The third kappa shape index (κ3) is 1.91. The second kappa shape index (κ2) is 3.85. The molecule has 0 amide bonds. The molecule has 0 bridgehead atoms. The lowest BCUT2D eigenvalue weighted by Crippen LogP contribution is -2.30. The second-order valence-corrected chi connectivity index (χ2v) is 3.92. The summed E-state index contributed by atoms with van der Waals surface area (Å²) in [7, 11) is 1.93. The normalized spacial score (nSPS) is 11.3. The van der Waals surface area contributed by atoms with E-state index in [9.17, 15) is 0 Å². The van der Waals surface area contributed by atoms with Crippen molar-refractivity contribution in [1.29, 1.82) is 0 Å². The summed E-state index contributed by atoms with van der Waals surface area (Å²) < 4.78 is 9.80. The molecule has 1 heterocycles. The lowest BCUT2D eigenvalue weighted by Gasteiger charge is -2.04. The maximum absolute atomic E-state index is 7.88. The molecular weight excluding hydrogens is 182 g/mol. The highest BCUT2D eigenvalue weighted by atomic mass is 14.9. The summed E-state index contributed by atoms with van der Waals surface area (Å²) in [4.78, 5) is 0. The van der Waals surface area contributed by atoms with Crippen LogP contribution in [0.25, 0.3) is 11.3 Å². The van der Waals surface area contributed by atoms with Crippen LogP contribution >= 0.6 is 0 Å². The van der Waals surface area contributed by atoms with E-state index in [4.69, 9.17) is 1.37 Å². The lowest BCUT2D eigenvalue weighted by molar-refractivity contribution is -0.660. The van der Waals surface area contributed by atoms with E-state index in [-0.39, 0.29) is 0 Å². The number of hydrogen-bond donors (Lipinski definition) is 0. The van der Waals surface area contributed by atoms with Crippen molar-refractivity contribution < 1.29 is 5.94 Å². The Morgan fingerprint density at radius 3 is 2.60 bits per heavy atom. The van der Waals surface area contributed by atoms with Crippen molar-refractivity contribution >= 4 is 0 Å². The van der Waals surface area contributed by atoms with E-state index in [1.807, 2.05) is 36.7 Å². The van der Waals surface area contributed by atoms with E-state index in [0.29, 0.717) is 6.17 Å². The third-order valence-electron chi connectivity index (χ3n) is 2.63. The zero-order valence-corrected chi connectivity index (χ0v) is 9.41. The highest BCUT2D eigenvalue weighted by Gasteiger charge is 2.10. The molecule has 76 valence electrons. The highest BCUT2D eigenvalue weighted by molar-refractivity contribution is 5.61. The molecule has 1 nitrogen and oxygen atoms in total. The van der Waals surface area contributed by atoms with Crippen LogP contribution in [0.4, 0.5) is 0 Å². The SMILES string of the molecule is [2H]c1cc(C)cc(-c2ccccc2C)[n+]1C. The zero-order valence-electron chi connectivity index (χ0n) is 10.4. The van der Waals surface area contributed by atoms with Gasteiger partial charge in [-0.15, -0.1) is 0 Å². The van der Waals surface area contributed by atoms with E-state index in [1.54, 1.807) is 0 Å². The first-order chi connectivity index (χ1) is 7.59. The van der Waals surface area contributed by atoms with Crippen LogP contribution in [0.1, 0.15) is 12.5 Å². The molecule has 0 saturated heterocycles. The Morgan fingerprint density at radius 2 is 1.87 bits per heavy atom. The van der Waals surface area contributed by atoms with Gasteiger partial charge in [-0.05, 0) is 31.0 Å². The van der Waals surface area contributed by atoms with Crippen LogP contribution in [0.15, 0.2) is 42.6 Å². The number of nitrogens with zero attached hydrogens (tertiary/aromatic N) is 1. The molecule has 2 aromatic rings. The molecule has 0 N–H and O–H groups in total. The number of hydrogen-bond acceptors (Lipinski definition) is 0. The van der Waals surface area contributed by atoms with E-state index >= 15 is 0 Å². The average Bonchev–Trinajstić information content (AvgIpc) is 2.24. The van der Waals surface area contributed by atoms with Gasteiger partial charge in [0.1, 0.15) is 8.42 Å². The molecule has 15 heavy (non-hydrogen) atoms. The van der Waals surface area contributed by atoms with Gasteiger partial charge in [0.2, 0.25) is 5.69 Å². The molecule has 0 aliphatic rings. The van der Waals surface area contributed by atoms with Gasteiger partial charge in [0, 0.05) is 17.7 Å². The fourth-order valence-electron chi connectivity index (χ4n) is 1.74. The number of aromatic nitrogens is 1. The molecule has 1 aromatic carbocycles. The Kier molecular flexibility index (Phi) is 2.23. The van der Waals surface area contributed by atoms with Gasteiger partial charge in [0.05, 0.1) is 0 Å². The Morgan fingerprint density at radius 1 is 1.13 bits per heavy atom. The molecule has 0 spiro atoms. The minimum absolute atomic E-state index is 0.540. The van der Waals surface area contributed by atoms with Gasteiger partial charge >= 0.3 is 0 Å². The predicted octanol–water partition coefficient (Wildman–Crippen LogP) is 2.79. The predicted molar refractivity (Wildman–Crippen MR) is 62.5 cm³/mol. The molecule has 0 radical (unpaired) electrons. The van der Waals surface area contributed by atoms with Crippen LogP contribution in [0, 0.1) is 13.8 Å². The molecule has 0 unspecified atom stereocenters. The minimum atomic E-state index is 0.540. The maximum Gasteiger partial charge on any atom is 0.212 e. The number of pyridine rings is 1. The van der Waals surface area contributed by atoms with Crippen LogP contribution in [0.2, 0.25) is 0 Å². The van der Waals surface area contributed by atoms with Gasteiger partial charge in [-0.25, -0.2) is 4.57 Å². The summed E-state index contributed by atoms with van der Waals surface area (Å²) in [5.41, 5.74) is 4.66. The minimum Gasteiger partial charge on any atom is -0.201 e. The van der Waals surface area contributed by atoms with Crippen LogP contribution in [-0.2, 0) is 7.05 Å². The van der Waals surface area contributed by atoms with Gasteiger partial charge in [-0.3, -0.25) is 0 Å². The summed E-state index contributed by atoms with van der Waals surface area (Å²) >= 11 is 0. The van der Waals surface area contributed by atoms with E-state index in [0.717, 1.165) is 11.3 Å². The van der Waals surface area contributed by atoms with Crippen LogP contribution in [-0.4, -0.2) is 0 Å². The zero-order chi connectivity index (χ0) is 11.7. The maximum atomic E-state index is 7.88. The molecular formula is C14H16N+. The number of rotatable bonds is 1. The fraction of sp³-hybridized carbons (Fsp3) is 0.214. The van der Waals surface area contributed by atoms with Gasteiger partial charge in [-0.1, -0.05) is 18.2 Å². The van der Waals surface area contributed by atoms with Crippen molar-refractivity contribution in [3.8, 4) is 11.3 Å². The highest BCUT2D eigenvalue weighted by Crippen LogP contribution is 2.19. The van der Waals surface area contributed by atoms with Crippen molar-refractivity contribution in [2.45, 2.75) is 13.8 Å². The van der Waals surface area contributed by atoms with Gasteiger partial charge in [-0.2, -0.15) is 0 Å².